The van der Waals surface area contributed by atoms with Gasteiger partial charge in [0.1, 0.15) is 18.3 Å². The highest BCUT2D eigenvalue weighted by molar-refractivity contribution is 5.66. The predicted molar refractivity (Wildman–Crippen MR) is 55.3 cm³/mol. The first kappa shape index (κ1) is 10.2. The van der Waals surface area contributed by atoms with Crippen LogP contribution in [0.3, 0.4) is 0 Å². The number of carbonyl (C=O) groups is 1. The maximum atomic E-state index is 10.8. The lowest BCUT2D eigenvalue weighted by Crippen LogP contribution is -2.18. The first-order valence-corrected chi connectivity index (χ1v) is 5.06. The van der Waals surface area contributed by atoms with Crippen LogP contribution in [0.4, 0.5) is 0 Å². The lowest BCUT2D eigenvalue weighted by molar-refractivity contribution is -0.146. The van der Waals surface area contributed by atoms with Gasteiger partial charge in [0.2, 0.25) is 0 Å². The van der Waals surface area contributed by atoms with Gasteiger partial charge in [-0.25, -0.2) is 0 Å². The fourth-order valence-electron chi connectivity index (χ4n) is 1.72. The van der Waals surface area contributed by atoms with E-state index in [1.54, 1.807) is 0 Å². The van der Waals surface area contributed by atoms with E-state index < -0.39 is 0 Å². The van der Waals surface area contributed by atoms with Crippen LogP contribution in [0.5, 0.6) is 0 Å². The Hall–Kier alpha value is -1.35. The average molecular weight is 206 g/mol. The highest BCUT2D eigenvalue weighted by Gasteiger charge is 2.45. The van der Waals surface area contributed by atoms with E-state index in [1.165, 1.54) is 6.92 Å². The van der Waals surface area contributed by atoms with Crippen molar-refractivity contribution in [2.45, 2.75) is 32.2 Å². The van der Waals surface area contributed by atoms with Crippen LogP contribution in [-0.2, 0) is 14.3 Å². The Morgan fingerprint density at radius 1 is 1.40 bits per heavy atom. The van der Waals surface area contributed by atoms with Crippen LogP contribution in [0.2, 0.25) is 0 Å². The Kier molecular flexibility index (Phi) is 2.73. The summed E-state index contributed by atoms with van der Waals surface area (Å²) in [5.74, 6) is -0.259. The number of carbonyl (C=O) groups excluding carboxylic acids is 1. The number of hydrogen-bond acceptors (Lipinski definition) is 3. The molecule has 0 bridgehead atoms. The van der Waals surface area contributed by atoms with Crippen molar-refractivity contribution in [3.63, 3.8) is 0 Å². The van der Waals surface area contributed by atoms with Gasteiger partial charge in [0.15, 0.2) is 0 Å². The van der Waals surface area contributed by atoms with Crippen molar-refractivity contribution in [1.29, 1.82) is 0 Å². The molecule has 3 atom stereocenters. The molecule has 0 radical (unpaired) electrons. The first-order chi connectivity index (χ1) is 7.18. The molecule has 3 heteroatoms. The smallest absolute Gasteiger partial charge is 0.302 e. The SMILES string of the molecule is CC(=O)O[C@@H](C)[C@H]1O[C@H]1c1ccccc1. The highest BCUT2D eigenvalue weighted by Crippen LogP contribution is 2.41. The van der Waals surface area contributed by atoms with Crippen LogP contribution < -0.4 is 0 Å². The number of epoxide rings is 1. The van der Waals surface area contributed by atoms with E-state index >= 15 is 0 Å². The third-order valence-electron chi connectivity index (χ3n) is 2.47. The lowest BCUT2D eigenvalue weighted by Gasteiger charge is -2.07. The predicted octanol–water partition coefficient (Wildman–Crippen LogP) is 2.08. The third kappa shape index (κ3) is 2.36. The maximum Gasteiger partial charge on any atom is 0.302 e. The molecule has 0 spiro atoms. The molecule has 1 heterocycles. The van der Waals surface area contributed by atoms with E-state index in [-0.39, 0.29) is 24.3 Å². The summed E-state index contributed by atoms with van der Waals surface area (Å²) in [6.07, 6.45) is -0.0791. The highest BCUT2D eigenvalue weighted by atomic mass is 16.6. The minimum Gasteiger partial charge on any atom is -0.460 e. The molecule has 1 aliphatic rings. The van der Waals surface area contributed by atoms with Gasteiger partial charge in [-0.05, 0) is 12.5 Å². The standard InChI is InChI=1S/C12H14O3/c1-8(14-9(2)13)11-12(15-11)10-6-4-3-5-7-10/h3-8,11-12H,1-2H3/t8-,11+,12-/m0/s1. The van der Waals surface area contributed by atoms with Crippen LogP contribution in [0.25, 0.3) is 0 Å². The average Bonchev–Trinajstić information content (AvgIpc) is 2.97. The zero-order valence-corrected chi connectivity index (χ0v) is 8.84. The van der Waals surface area contributed by atoms with Crippen molar-refractivity contribution in [3.05, 3.63) is 35.9 Å². The Morgan fingerprint density at radius 2 is 2.07 bits per heavy atom. The summed E-state index contributed by atoms with van der Waals surface area (Å²) in [5, 5.41) is 0. The summed E-state index contributed by atoms with van der Waals surface area (Å²) < 4.78 is 10.6. The van der Waals surface area contributed by atoms with Gasteiger partial charge >= 0.3 is 5.97 Å². The Bertz CT molecular complexity index is 347. The minimum atomic E-state index is -0.259. The largest absolute Gasteiger partial charge is 0.460 e. The Balaban J connectivity index is 1.93. The molecular formula is C12H14O3. The van der Waals surface area contributed by atoms with Gasteiger partial charge in [-0.15, -0.1) is 0 Å². The first-order valence-electron chi connectivity index (χ1n) is 5.06. The lowest BCUT2D eigenvalue weighted by atomic mass is 10.1. The second-order valence-corrected chi connectivity index (χ2v) is 3.75. The molecule has 0 aliphatic carbocycles. The monoisotopic (exact) mass is 206 g/mol. The minimum absolute atomic E-state index is 0.0105. The van der Waals surface area contributed by atoms with E-state index in [0.29, 0.717) is 0 Å². The van der Waals surface area contributed by atoms with Gasteiger partial charge in [0, 0.05) is 6.92 Å². The quantitative estimate of drug-likeness (QED) is 0.561. The fourth-order valence-corrected chi connectivity index (χ4v) is 1.72. The number of ether oxygens (including phenoxy) is 2. The third-order valence-corrected chi connectivity index (χ3v) is 2.47. The molecule has 3 nitrogen and oxygen atoms in total. The number of benzene rings is 1. The molecule has 0 aromatic heterocycles. The summed E-state index contributed by atoms with van der Waals surface area (Å²) in [6, 6.07) is 9.96. The van der Waals surface area contributed by atoms with Crippen molar-refractivity contribution in [1.82, 2.24) is 0 Å². The molecule has 1 aromatic carbocycles. The van der Waals surface area contributed by atoms with Crippen molar-refractivity contribution >= 4 is 5.97 Å². The van der Waals surface area contributed by atoms with Crippen molar-refractivity contribution in [2.24, 2.45) is 0 Å². The van der Waals surface area contributed by atoms with Crippen LogP contribution in [0.15, 0.2) is 30.3 Å². The van der Waals surface area contributed by atoms with E-state index in [1.807, 2.05) is 37.3 Å². The second-order valence-electron chi connectivity index (χ2n) is 3.75. The second kappa shape index (κ2) is 4.03. The zero-order chi connectivity index (χ0) is 10.8. The van der Waals surface area contributed by atoms with Gasteiger partial charge < -0.3 is 9.47 Å². The van der Waals surface area contributed by atoms with E-state index in [2.05, 4.69) is 0 Å². The van der Waals surface area contributed by atoms with Crippen LogP contribution >= 0.6 is 0 Å². The van der Waals surface area contributed by atoms with Crippen molar-refractivity contribution in [3.8, 4) is 0 Å². The van der Waals surface area contributed by atoms with Gasteiger partial charge in [-0.1, -0.05) is 30.3 Å². The molecule has 0 saturated carbocycles. The topological polar surface area (TPSA) is 38.8 Å². The summed E-state index contributed by atoms with van der Waals surface area (Å²) in [4.78, 5) is 10.8. The molecule has 1 saturated heterocycles. The molecule has 0 unspecified atom stereocenters. The zero-order valence-electron chi connectivity index (χ0n) is 8.84. The summed E-state index contributed by atoms with van der Waals surface area (Å²) in [6.45, 7) is 3.27. The van der Waals surface area contributed by atoms with Gasteiger partial charge in [-0.3, -0.25) is 4.79 Å². The summed E-state index contributed by atoms with van der Waals surface area (Å²) >= 11 is 0. The maximum absolute atomic E-state index is 10.8. The molecule has 0 amide bonds. The summed E-state index contributed by atoms with van der Waals surface area (Å²) in [5.41, 5.74) is 1.14. The number of rotatable bonds is 3. The van der Waals surface area contributed by atoms with E-state index in [4.69, 9.17) is 9.47 Å². The van der Waals surface area contributed by atoms with Gasteiger partial charge in [0.05, 0.1) is 0 Å². The molecule has 80 valence electrons. The molecule has 2 rings (SSSR count). The Morgan fingerprint density at radius 3 is 2.67 bits per heavy atom. The normalized spacial score (nSPS) is 25.7. The van der Waals surface area contributed by atoms with Crippen molar-refractivity contribution < 1.29 is 14.3 Å². The molecule has 1 aromatic rings. The molecule has 0 N–H and O–H groups in total. The fraction of sp³-hybridized carbons (Fsp3) is 0.417. The van der Waals surface area contributed by atoms with E-state index in [0.717, 1.165) is 5.56 Å². The van der Waals surface area contributed by atoms with Crippen LogP contribution in [0, 0.1) is 0 Å². The molecule has 1 aliphatic heterocycles. The number of esters is 1. The van der Waals surface area contributed by atoms with E-state index in [9.17, 15) is 4.79 Å². The molecular weight excluding hydrogens is 192 g/mol. The van der Waals surface area contributed by atoms with Gasteiger partial charge in [0.25, 0.3) is 0 Å². The molecule has 15 heavy (non-hydrogen) atoms. The van der Waals surface area contributed by atoms with Crippen molar-refractivity contribution in [2.75, 3.05) is 0 Å². The van der Waals surface area contributed by atoms with Crippen LogP contribution in [0.1, 0.15) is 25.5 Å². The Labute approximate surface area is 89.0 Å². The molecule has 1 fully saturated rings. The summed E-state index contributed by atoms with van der Waals surface area (Å²) in [7, 11) is 0. The van der Waals surface area contributed by atoms with Gasteiger partial charge in [-0.2, -0.15) is 0 Å². The number of hydrogen-bond donors (Lipinski definition) is 0. The van der Waals surface area contributed by atoms with Crippen LogP contribution in [-0.4, -0.2) is 18.2 Å².